The number of carbonyl (C=O) groups is 1. The van der Waals surface area contributed by atoms with Crippen molar-refractivity contribution in [2.24, 2.45) is 10.2 Å². The third kappa shape index (κ3) is 4.39. The number of rotatable bonds is 6. The van der Waals surface area contributed by atoms with Crippen LogP contribution < -0.4 is 10.0 Å². The second-order valence-corrected chi connectivity index (χ2v) is 8.14. The van der Waals surface area contributed by atoms with Gasteiger partial charge in [-0.1, -0.05) is 25.1 Å². The van der Waals surface area contributed by atoms with Gasteiger partial charge < -0.3 is 15.5 Å². The quantitative estimate of drug-likeness (QED) is 0.440. The monoisotopic (exact) mass is 428 g/mol. The van der Waals surface area contributed by atoms with Gasteiger partial charge in [0.1, 0.15) is 22.9 Å². The van der Waals surface area contributed by atoms with E-state index in [2.05, 4.69) is 20.3 Å². The Kier molecular flexibility index (Phi) is 5.99. The van der Waals surface area contributed by atoms with E-state index in [9.17, 15) is 23.4 Å². The molecule has 1 amide bonds. The summed E-state index contributed by atoms with van der Waals surface area (Å²) in [4.78, 5) is 11.5. The Balaban J connectivity index is 2.13. The maximum Gasteiger partial charge on any atom is 0.240 e. The van der Waals surface area contributed by atoms with Gasteiger partial charge in [-0.2, -0.15) is 0 Å². The van der Waals surface area contributed by atoms with Gasteiger partial charge in [0.15, 0.2) is 0 Å². The first kappa shape index (κ1) is 21.2. The van der Waals surface area contributed by atoms with E-state index >= 15 is 0 Å². The van der Waals surface area contributed by atoms with Crippen LogP contribution in [0.2, 0.25) is 0 Å². The smallest absolute Gasteiger partial charge is 0.240 e. The number of hydrogen-bond acceptors (Lipinski definition) is 7. The van der Waals surface area contributed by atoms with Crippen molar-refractivity contribution < 1.29 is 23.4 Å². The molecule has 4 N–H and O–H groups in total. The van der Waals surface area contributed by atoms with Gasteiger partial charge >= 0.3 is 0 Å². The van der Waals surface area contributed by atoms with Crippen LogP contribution in [0.15, 0.2) is 63.7 Å². The van der Waals surface area contributed by atoms with Gasteiger partial charge in [-0.25, -0.2) is 13.1 Å². The van der Waals surface area contributed by atoms with E-state index in [0.717, 1.165) is 0 Å². The summed E-state index contributed by atoms with van der Waals surface area (Å²) in [5.74, 6) is -0.774. The zero-order chi connectivity index (χ0) is 21.9. The van der Waals surface area contributed by atoms with E-state index < -0.39 is 10.0 Å². The van der Waals surface area contributed by atoms with Crippen LogP contribution >= 0.6 is 0 Å². The highest BCUT2D eigenvalue weighted by atomic mass is 32.2. The molecule has 0 aliphatic heterocycles. The molecule has 0 bridgehead atoms. The molecule has 0 heterocycles. The summed E-state index contributed by atoms with van der Waals surface area (Å²) >= 11 is 0. The predicted octanol–water partition coefficient (Wildman–Crippen LogP) is 3.92. The van der Waals surface area contributed by atoms with Crippen LogP contribution in [-0.4, -0.2) is 31.1 Å². The Labute approximate surface area is 173 Å². The van der Waals surface area contributed by atoms with E-state index in [1.54, 1.807) is 31.2 Å². The molecular weight excluding hydrogens is 408 g/mol. The molecule has 0 fully saturated rings. The molecule has 0 saturated carbocycles. The number of anilines is 1. The van der Waals surface area contributed by atoms with Gasteiger partial charge in [-0.3, -0.25) is 4.79 Å². The number of sulfonamides is 1. The SMILES string of the molecule is CCNS(=O)(=O)c1ccc(O)c(N=Nc2c(O)ccc3cccc(NC(C)=O)c23)c1. The molecule has 0 aliphatic rings. The second-order valence-electron chi connectivity index (χ2n) is 6.37. The Morgan fingerprint density at radius 2 is 1.77 bits per heavy atom. The molecule has 30 heavy (non-hydrogen) atoms. The first-order valence-electron chi connectivity index (χ1n) is 8.99. The molecule has 156 valence electrons. The summed E-state index contributed by atoms with van der Waals surface area (Å²) in [6, 6.07) is 11.9. The van der Waals surface area contributed by atoms with Crippen molar-refractivity contribution >= 4 is 43.8 Å². The first-order chi connectivity index (χ1) is 14.2. The third-order valence-electron chi connectivity index (χ3n) is 4.16. The number of phenolic OH excluding ortho intramolecular Hbond substituents is 2. The summed E-state index contributed by atoms with van der Waals surface area (Å²) in [6.45, 7) is 3.21. The fraction of sp³-hybridized carbons (Fsp3) is 0.150. The molecular formula is C20H20N4O5S. The molecule has 9 nitrogen and oxygen atoms in total. The second kappa shape index (κ2) is 8.47. The number of azo groups is 1. The number of fused-ring (bicyclic) bond motifs is 1. The molecule has 10 heteroatoms. The Morgan fingerprint density at radius 1 is 1.03 bits per heavy atom. The molecule has 0 aliphatic carbocycles. The van der Waals surface area contributed by atoms with Gasteiger partial charge in [0, 0.05) is 18.9 Å². The lowest BCUT2D eigenvalue weighted by molar-refractivity contribution is -0.114. The Morgan fingerprint density at radius 3 is 2.47 bits per heavy atom. The fourth-order valence-corrected chi connectivity index (χ4v) is 3.93. The molecule has 3 aromatic carbocycles. The van der Waals surface area contributed by atoms with Gasteiger partial charge in [0.2, 0.25) is 15.9 Å². The zero-order valence-corrected chi connectivity index (χ0v) is 17.1. The highest BCUT2D eigenvalue weighted by Gasteiger charge is 2.16. The normalized spacial score (nSPS) is 11.8. The largest absolute Gasteiger partial charge is 0.506 e. The number of benzene rings is 3. The molecule has 0 atom stereocenters. The van der Waals surface area contributed by atoms with Crippen LogP contribution in [0.3, 0.4) is 0 Å². The topological polar surface area (TPSA) is 140 Å². The van der Waals surface area contributed by atoms with Gasteiger partial charge in [-0.05, 0) is 35.7 Å². The lowest BCUT2D eigenvalue weighted by Gasteiger charge is -2.10. The van der Waals surface area contributed by atoms with Crippen LogP contribution in [0.25, 0.3) is 10.8 Å². The van der Waals surface area contributed by atoms with E-state index in [-0.39, 0.29) is 40.2 Å². The van der Waals surface area contributed by atoms with Crippen LogP contribution in [0.5, 0.6) is 11.5 Å². The van der Waals surface area contributed by atoms with E-state index in [0.29, 0.717) is 16.5 Å². The Bertz CT molecular complexity index is 1260. The summed E-state index contributed by atoms with van der Waals surface area (Å²) in [7, 11) is -3.76. The van der Waals surface area contributed by atoms with Crippen molar-refractivity contribution in [1.82, 2.24) is 4.72 Å². The minimum absolute atomic E-state index is 0.0659. The van der Waals surface area contributed by atoms with Gasteiger partial charge in [-0.15, -0.1) is 10.2 Å². The predicted molar refractivity (Wildman–Crippen MR) is 113 cm³/mol. The maximum atomic E-state index is 12.2. The number of nitrogens with one attached hydrogen (secondary N) is 2. The summed E-state index contributed by atoms with van der Waals surface area (Å²) in [5, 5.41) is 32.2. The van der Waals surface area contributed by atoms with Crippen molar-refractivity contribution in [3.8, 4) is 11.5 Å². The minimum Gasteiger partial charge on any atom is -0.506 e. The van der Waals surface area contributed by atoms with Crippen molar-refractivity contribution in [1.29, 1.82) is 0 Å². The maximum absolute atomic E-state index is 12.2. The van der Waals surface area contributed by atoms with Crippen LogP contribution in [0, 0.1) is 0 Å². The van der Waals surface area contributed by atoms with E-state index in [1.807, 2.05) is 0 Å². The van der Waals surface area contributed by atoms with Crippen molar-refractivity contribution in [2.45, 2.75) is 18.7 Å². The van der Waals surface area contributed by atoms with Gasteiger partial charge in [0.25, 0.3) is 0 Å². The van der Waals surface area contributed by atoms with E-state index in [4.69, 9.17) is 0 Å². The molecule has 0 spiro atoms. The number of amides is 1. The lowest BCUT2D eigenvalue weighted by atomic mass is 10.1. The lowest BCUT2D eigenvalue weighted by Crippen LogP contribution is -2.22. The summed E-state index contributed by atoms with van der Waals surface area (Å²) in [6.07, 6.45) is 0. The molecule has 0 saturated heterocycles. The first-order valence-corrected chi connectivity index (χ1v) is 10.5. The molecule has 3 aromatic rings. The van der Waals surface area contributed by atoms with Crippen LogP contribution in [0.1, 0.15) is 13.8 Å². The molecule has 0 radical (unpaired) electrons. The van der Waals surface area contributed by atoms with Crippen LogP contribution in [-0.2, 0) is 14.8 Å². The molecule has 0 unspecified atom stereocenters. The third-order valence-corrected chi connectivity index (χ3v) is 5.70. The summed E-state index contributed by atoms with van der Waals surface area (Å²) < 4.78 is 26.8. The van der Waals surface area contributed by atoms with Crippen molar-refractivity contribution in [2.75, 3.05) is 11.9 Å². The number of aromatic hydroxyl groups is 2. The van der Waals surface area contributed by atoms with Crippen LogP contribution in [0.4, 0.5) is 17.1 Å². The van der Waals surface area contributed by atoms with Crippen molar-refractivity contribution in [3.63, 3.8) is 0 Å². The van der Waals surface area contributed by atoms with E-state index in [1.165, 1.54) is 31.2 Å². The van der Waals surface area contributed by atoms with Crippen molar-refractivity contribution in [3.05, 3.63) is 48.5 Å². The van der Waals surface area contributed by atoms with Gasteiger partial charge in [0.05, 0.1) is 10.6 Å². The number of nitrogens with zero attached hydrogens (tertiary/aromatic N) is 2. The number of hydrogen-bond donors (Lipinski definition) is 4. The zero-order valence-electron chi connectivity index (χ0n) is 16.2. The molecule has 0 aromatic heterocycles. The molecule has 3 rings (SSSR count). The fourth-order valence-electron chi connectivity index (χ4n) is 2.87. The highest BCUT2D eigenvalue weighted by Crippen LogP contribution is 2.41. The number of phenols is 2. The Hall–Kier alpha value is -3.50. The highest BCUT2D eigenvalue weighted by molar-refractivity contribution is 7.89. The average molecular weight is 428 g/mol. The minimum atomic E-state index is -3.76. The average Bonchev–Trinajstić information content (AvgIpc) is 2.68. The number of carbonyl (C=O) groups excluding carboxylic acids is 1. The summed E-state index contributed by atoms with van der Waals surface area (Å²) in [5.41, 5.74) is 0.399. The standard InChI is InChI=1S/C20H20N4O5S/c1-3-21-30(28,29)14-8-10-17(26)16(11-14)23-24-20-18(27)9-7-13-5-4-6-15(19(13)20)22-12(2)25/h4-11,21,26-27H,3H2,1-2H3,(H,22,25).